The lowest BCUT2D eigenvalue weighted by atomic mass is 10.2. The quantitative estimate of drug-likeness (QED) is 0.880. The van der Waals surface area contributed by atoms with E-state index < -0.39 is 0 Å². The number of aryl methyl sites for hydroxylation is 1. The number of halogens is 2. The molecule has 0 aliphatic rings. The summed E-state index contributed by atoms with van der Waals surface area (Å²) in [7, 11) is 0. The topological polar surface area (TPSA) is 68.0 Å². The number of carbonyl (C=O) groups excluding carboxylic acids is 1. The van der Waals surface area contributed by atoms with Crippen molar-refractivity contribution in [3.05, 3.63) is 40.2 Å². The average Bonchev–Trinajstić information content (AvgIpc) is 2.83. The van der Waals surface area contributed by atoms with Crippen LogP contribution in [0.1, 0.15) is 23.0 Å². The van der Waals surface area contributed by atoms with Gasteiger partial charge in [0, 0.05) is 6.42 Å². The molecule has 2 rings (SSSR count). The zero-order chi connectivity index (χ0) is 13.1. The normalized spacial score (nSPS) is 10.4. The fourth-order valence-electron chi connectivity index (χ4n) is 1.43. The number of rotatable bonds is 3. The first-order chi connectivity index (χ1) is 8.63. The van der Waals surface area contributed by atoms with Gasteiger partial charge in [0.2, 0.25) is 0 Å². The Morgan fingerprint density at radius 3 is 2.94 bits per heavy atom. The summed E-state index contributed by atoms with van der Waals surface area (Å²) in [4.78, 5) is 19.5. The zero-order valence-corrected chi connectivity index (χ0v) is 10.9. The highest BCUT2D eigenvalue weighted by Crippen LogP contribution is 2.26. The van der Waals surface area contributed by atoms with Crippen LogP contribution in [0.25, 0.3) is 0 Å². The van der Waals surface area contributed by atoms with Gasteiger partial charge in [0.15, 0.2) is 11.0 Å². The molecule has 0 saturated heterocycles. The van der Waals surface area contributed by atoms with Gasteiger partial charge in [0.05, 0.1) is 11.8 Å². The second-order valence-corrected chi connectivity index (χ2v) is 4.13. The Balaban J connectivity index is 2.24. The van der Waals surface area contributed by atoms with Crippen molar-refractivity contribution in [3.8, 4) is 0 Å². The van der Waals surface area contributed by atoms with Crippen molar-refractivity contribution in [2.75, 3.05) is 5.32 Å². The van der Waals surface area contributed by atoms with Crippen LogP contribution in [0, 0.1) is 0 Å². The van der Waals surface area contributed by atoms with E-state index in [9.17, 15) is 4.79 Å². The molecule has 5 nitrogen and oxygen atoms in total. The van der Waals surface area contributed by atoms with Crippen molar-refractivity contribution >= 4 is 34.9 Å². The summed E-state index contributed by atoms with van der Waals surface area (Å²) < 4.78 is 5.17. The van der Waals surface area contributed by atoms with Crippen LogP contribution in [0.5, 0.6) is 0 Å². The van der Waals surface area contributed by atoms with Crippen molar-refractivity contribution in [2.45, 2.75) is 13.3 Å². The highest BCUT2D eigenvalue weighted by atomic mass is 35.5. The standard InChI is InChI=1S/C11H9Cl2N3O2/c1-2-7-6(3-4-18-7)11(17)16-10-8(12)9(13)14-5-15-10/h3-5H,2H2,1H3,(H,14,15,16,17). The number of anilines is 1. The van der Waals surface area contributed by atoms with E-state index in [1.165, 1.54) is 12.6 Å². The molecular weight excluding hydrogens is 277 g/mol. The zero-order valence-electron chi connectivity index (χ0n) is 9.41. The van der Waals surface area contributed by atoms with Crippen LogP contribution < -0.4 is 5.32 Å². The SMILES string of the molecule is CCc1occc1C(=O)Nc1ncnc(Cl)c1Cl. The lowest BCUT2D eigenvalue weighted by Crippen LogP contribution is -2.14. The molecule has 0 saturated carbocycles. The predicted octanol–water partition coefficient (Wildman–Crippen LogP) is 3.19. The third-order valence-corrected chi connectivity index (χ3v) is 3.03. The first-order valence-electron chi connectivity index (χ1n) is 5.17. The van der Waals surface area contributed by atoms with E-state index in [4.69, 9.17) is 27.6 Å². The van der Waals surface area contributed by atoms with Crippen molar-refractivity contribution < 1.29 is 9.21 Å². The average molecular weight is 286 g/mol. The first kappa shape index (κ1) is 12.9. The monoisotopic (exact) mass is 285 g/mol. The van der Waals surface area contributed by atoms with Crippen LogP contribution in [0.2, 0.25) is 10.2 Å². The van der Waals surface area contributed by atoms with Crippen molar-refractivity contribution in [3.63, 3.8) is 0 Å². The third kappa shape index (κ3) is 2.47. The molecule has 0 aliphatic heterocycles. The van der Waals surface area contributed by atoms with Crippen molar-refractivity contribution in [1.82, 2.24) is 9.97 Å². The van der Waals surface area contributed by atoms with Gasteiger partial charge in [-0.15, -0.1) is 0 Å². The van der Waals surface area contributed by atoms with Crippen LogP contribution in [0.15, 0.2) is 23.1 Å². The van der Waals surface area contributed by atoms with E-state index in [-0.39, 0.29) is 21.9 Å². The van der Waals surface area contributed by atoms with E-state index >= 15 is 0 Å². The molecule has 1 amide bonds. The molecule has 0 aromatic carbocycles. The highest BCUT2D eigenvalue weighted by Gasteiger charge is 2.16. The largest absolute Gasteiger partial charge is 0.469 e. The Morgan fingerprint density at radius 2 is 2.22 bits per heavy atom. The molecule has 18 heavy (non-hydrogen) atoms. The van der Waals surface area contributed by atoms with Gasteiger partial charge in [0.1, 0.15) is 17.1 Å². The highest BCUT2D eigenvalue weighted by molar-refractivity contribution is 6.43. The summed E-state index contributed by atoms with van der Waals surface area (Å²) in [6.45, 7) is 1.89. The van der Waals surface area contributed by atoms with Crippen LogP contribution >= 0.6 is 23.2 Å². The van der Waals surface area contributed by atoms with E-state index in [0.29, 0.717) is 17.7 Å². The van der Waals surface area contributed by atoms with Crippen molar-refractivity contribution in [2.24, 2.45) is 0 Å². The van der Waals surface area contributed by atoms with Gasteiger partial charge < -0.3 is 9.73 Å². The maximum Gasteiger partial charge on any atom is 0.260 e. The molecule has 2 aromatic heterocycles. The summed E-state index contributed by atoms with van der Waals surface area (Å²) in [5, 5.41) is 2.76. The molecule has 1 N–H and O–H groups in total. The number of nitrogens with zero attached hydrogens (tertiary/aromatic N) is 2. The van der Waals surface area contributed by atoms with Gasteiger partial charge in [-0.3, -0.25) is 4.79 Å². The summed E-state index contributed by atoms with van der Waals surface area (Å²) in [5.41, 5.74) is 0.448. The molecule has 0 radical (unpaired) electrons. The van der Waals surface area contributed by atoms with E-state index in [2.05, 4.69) is 15.3 Å². The Morgan fingerprint density at radius 1 is 1.44 bits per heavy atom. The van der Waals surface area contributed by atoms with Gasteiger partial charge in [-0.25, -0.2) is 9.97 Å². The minimum Gasteiger partial charge on any atom is -0.469 e. The number of hydrogen-bond acceptors (Lipinski definition) is 4. The molecule has 2 heterocycles. The minimum absolute atomic E-state index is 0.0878. The smallest absolute Gasteiger partial charge is 0.260 e. The second-order valence-electron chi connectivity index (χ2n) is 3.39. The second kappa shape index (κ2) is 5.37. The van der Waals surface area contributed by atoms with E-state index in [1.54, 1.807) is 6.07 Å². The Labute approximate surface area is 113 Å². The number of carbonyl (C=O) groups is 1. The summed E-state index contributed by atoms with van der Waals surface area (Å²) in [6.07, 6.45) is 3.30. The molecule has 94 valence electrons. The molecule has 7 heteroatoms. The lowest BCUT2D eigenvalue weighted by Gasteiger charge is -2.06. The van der Waals surface area contributed by atoms with Gasteiger partial charge in [-0.2, -0.15) is 0 Å². The maximum absolute atomic E-state index is 12.0. The van der Waals surface area contributed by atoms with Crippen LogP contribution in [-0.4, -0.2) is 15.9 Å². The Bertz CT molecular complexity index is 583. The number of aromatic nitrogens is 2. The Kier molecular flexibility index (Phi) is 3.84. The minimum atomic E-state index is -0.350. The fourth-order valence-corrected chi connectivity index (χ4v) is 1.71. The Hall–Kier alpha value is -1.59. The summed E-state index contributed by atoms with van der Waals surface area (Å²) in [5.74, 6) is 0.422. The number of nitrogens with one attached hydrogen (secondary N) is 1. The molecule has 0 atom stereocenters. The van der Waals surface area contributed by atoms with Crippen molar-refractivity contribution in [1.29, 1.82) is 0 Å². The van der Waals surface area contributed by atoms with Crippen LogP contribution in [-0.2, 0) is 6.42 Å². The maximum atomic E-state index is 12.0. The fraction of sp³-hybridized carbons (Fsp3) is 0.182. The molecule has 0 aliphatic carbocycles. The number of furan rings is 1. The van der Waals surface area contributed by atoms with Gasteiger partial charge in [-0.05, 0) is 6.07 Å². The van der Waals surface area contributed by atoms with Gasteiger partial charge in [-0.1, -0.05) is 30.1 Å². The van der Waals surface area contributed by atoms with E-state index in [1.807, 2.05) is 6.92 Å². The lowest BCUT2D eigenvalue weighted by molar-refractivity contribution is 0.102. The van der Waals surface area contributed by atoms with Crippen LogP contribution in [0.4, 0.5) is 5.82 Å². The molecule has 2 aromatic rings. The molecule has 0 unspecified atom stereocenters. The third-order valence-electron chi connectivity index (χ3n) is 2.29. The summed E-state index contributed by atoms with van der Waals surface area (Å²) >= 11 is 11.6. The molecule has 0 fully saturated rings. The molecule has 0 spiro atoms. The van der Waals surface area contributed by atoms with Crippen LogP contribution in [0.3, 0.4) is 0 Å². The number of amides is 1. The van der Waals surface area contributed by atoms with E-state index in [0.717, 1.165) is 0 Å². The predicted molar refractivity (Wildman–Crippen MR) is 68.1 cm³/mol. The molecule has 0 bridgehead atoms. The summed E-state index contributed by atoms with van der Waals surface area (Å²) in [6, 6.07) is 1.59. The number of hydrogen-bond donors (Lipinski definition) is 1. The van der Waals surface area contributed by atoms with Gasteiger partial charge >= 0.3 is 0 Å². The molecular formula is C11H9Cl2N3O2. The van der Waals surface area contributed by atoms with Gasteiger partial charge in [0.25, 0.3) is 5.91 Å². The first-order valence-corrected chi connectivity index (χ1v) is 5.92.